The van der Waals surface area contributed by atoms with Crippen LogP contribution in [0.3, 0.4) is 0 Å². The first kappa shape index (κ1) is 12.0. The maximum absolute atomic E-state index is 12.1. The Labute approximate surface area is 113 Å². The van der Waals surface area contributed by atoms with Crippen molar-refractivity contribution >= 4 is 5.91 Å². The van der Waals surface area contributed by atoms with Crippen molar-refractivity contribution < 1.29 is 4.79 Å². The maximum Gasteiger partial charge on any atom is 0.251 e. The summed E-state index contributed by atoms with van der Waals surface area (Å²) in [4.78, 5) is 12.1. The minimum absolute atomic E-state index is 0.0263. The highest BCUT2D eigenvalue weighted by molar-refractivity contribution is 5.94. The summed E-state index contributed by atoms with van der Waals surface area (Å²) in [7, 11) is 0. The van der Waals surface area contributed by atoms with Gasteiger partial charge in [0.15, 0.2) is 0 Å². The molecule has 3 rings (SSSR count). The molecular formula is C16H18N2O. The van der Waals surface area contributed by atoms with E-state index in [-0.39, 0.29) is 11.9 Å². The number of benzene rings is 1. The van der Waals surface area contributed by atoms with E-state index in [1.165, 1.54) is 12.8 Å². The topological polar surface area (TPSA) is 34.0 Å². The SMILES string of the molecule is C[C@@H](NC(=O)c1ccc(-n2cccc2)cc1)C1CC1. The first-order valence-electron chi connectivity index (χ1n) is 6.78. The average Bonchev–Trinajstić information content (AvgIpc) is 3.14. The van der Waals surface area contributed by atoms with Gasteiger partial charge in [-0.3, -0.25) is 4.79 Å². The van der Waals surface area contributed by atoms with Crippen molar-refractivity contribution in [2.24, 2.45) is 5.92 Å². The molecule has 1 saturated carbocycles. The van der Waals surface area contributed by atoms with Crippen LogP contribution in [-0.2, 0) is 0 Å². The predicted octanol–water partition coefficient (Wildman–Crippen LogP) is 3.01. The van der Waals surface area contributed by atoms with E-state index in [1.807, 2.05) is 53.4 Å². The number of nitrogens with zero attached hydrogens (tertiary/aromatic N) is 1. The third kappa shape index (κ3) is 2.70. The molecule has 1 atom stereocenters. The molecule has 1 N–H and O–H groups in total. The molecule has 0 radical (unpaired) electrons. The summed E-state index contributed by atoms with van der Waals surface area (Å²) in [5, 5.41) is 3.07. The van der Waals surface area contributed by atoms with E-state index in [1.54, 1.807) is 0 Å². The molecule has 2 aromatic rings. The average molecular weight is 254 g/mol. The molecule has 0 bridgehead atoms. The Bertz CT molecular complexity index is 553. The third-order valence-electron chi connectivity index (χ3n) is 3.72. The number of rotatable bonds is 4. The lowest BCUT2D eigenvalue weighted by Gasteiger charge is -2.13. The van der Waals surface area contributed by atoms with E-state index in [0.717, 1.165) is 11.3 Å². The van der Waals surface area contributed by atoms with Gasteiger partial charge < -0.3 is 9.88 Å². The number of amides is 1. The van der Waals surface area contributed by atoms with E-state index >= 15 is 0 Å². The molecule has 1 aliphatic rings. The third-order valence-corrected chi connectivity index (χ3v) is 3.72. The molecule has 1 aromatic heterocycles. The van der Waals surface area contributed by atoms with Gasteiger partial charge in [0.05, 0.1) is 0 Å². The summed E-state index contributed by atoms with van der Waals surface area (Å²) >= 11 is 0. The quantitative estimate of drug-likeness (QED) is 0.894. The molecule has 3 nitrogen and oxygen atoms in total. The molecule has 1 amide bonds. The molecule has 0 aliphatic heterocycles. The highest BCUT2D eigenvalue weighted by Gasteiger charge is 2.28. The number of hydrogen-bond acceptors (Lipinski definition) is 1. The van der Waals surface area contributed by atoms with Crippen LogP contribution in [0.1, 0.15) is 30.1 Å². The number of carbonyl (C=O) groups is 1. The van der Waals surface area contributed by atoms with Gasteiger partial charge in [0.25, 0.3) is 5.91 Å². The van der Waals surface area contributed by atoms with Crippen LogP contribution in [0.2, 0.25) is 0 Å². The van der Waals surface area contributed by atoms with Gasteiger partial charge in [-0.05, 0) is 62.1 Å². The van der Waals surface area contributed by atoms with Crippen molar-refractivity contribution in [3.05, 3.63) is 54.4 Å². The minimum atomic E-state index is 0.0263. The molecule has 0 spiro atoms. The first-order valence-corrected chi connectivity index (χ1v) is 6.78. The van der Waals surface area contributed by atoms with E-state index < -0.39 is 0 Å². The van der Waals surface area contributed by atoms with Gasteiger partial charge in [-0.25, -0.2) is 0 Å². The molecule has 1 fully saturated rings. The Morgan fingerprint density at radius 1 is 1.21 bits per heavy atom. The summed E-state index contributed by atoms with van der Waals surface area (Å²) in [6.45, 7) is 2.09. The lowest BCUT2D eigenvalue weighted by molar-refractivity contribution is 0.0936. The van der Waals surface area contributed by atoms with Gasteiger partial charge in [-0.1, -0.05) is 0 Å². The van der Waals surface area contributed by atoms with Crippen molar-refractivity contribution in [2.75, 3.05) is 0 Å². The van der Waals surface area contributed by atoms with E-state index in [2.05, 4.69) is 12.2 Å². The van der Waals surface area contributed by atoms with Crippen molar-refractivity contribution in [1.82, 2.24) is 9.88 Å². The molecule has 98 valence electrons. The molecular weight excluding hydrogens is 236 g/mol. The number of carbonyl (C=O) groups excluding carboxylic acids is 1. The fourth-order valence-electron chi connectivity index (χ4n) is 2.30. The molecule has 0 saturated heterocycles. The van der Waals surface area contributed by atoms with Crippen LogP contribution in [0.15, 0.2) is 48.8 Å². The Hall–Kier alpha value is -2.03. The van der Waals surface area contributed by atoms with Crippen LogP contribution in [0.4, 0.5) is 0 Å². The van der Waals surface area contributed by atoms with E-state index in [9.17, 15) is 4.79 Å². The van der Waals surface area contributed by atoms with Gasteiger partial charge in [0.1, 0.15) is 0 Å². The first-order chi connectivity index (χ1) is 9.24. The number of aromatic nitrogens is 1. The number of nitrogens with one attached hydrogen (secondary N) is 1. The van der Waals surface area contributed by atoms with Gasteiger partial charge in [0.2, 0.25) is 0 Å². The standard InChI is InChI=1S/C16H18N2O/c1-12(13-4-5-13)17-16(19)14-6-8-15(9-7-14)18-10-2-3-11-18/h2-3,6-13H,4-5H2,1H3,(H,17,19)/t12-/m1/s1. The largest absolute Gasteiger partial charge is 0.349 e. The van der Waals surface area contributed by atoms with Gasteiger partial charge in [0, 0.05) is 29.7 Å². The highest BCUT2D eigenvalue weighted by Crippen LogP contribution is 2.32. The molecule has 1 aromatic carbocycles. The maximum atomic E-state index is 12.1. The molecule has 0 unspecified atom stereocenters. The summed E-state index contributed by atoms with van der Waals surface area (Å²) < 4.78 is 2.02. The summed E-state index contributed by atoms with van der Waals surface area (Å²) in [5.74, 6) is 0.710. The van der Waals surface area contributed by atoms with Crippen LogP contribution in [-0.4, -0.2) is 16.5 Å². The zero-order valence-electron chi connectivity index (χ0n) is 11.0. The summed E-state index contributed by atoms with van der Waals surface area (Å²) in [5.41, 5.74) is 1.79. The van der Waals surface area contributed by atoms with Gasteiger partial charge in [-0.15, -0.1) is 0 Å². The smallest absolute Gasteiger partial charge is 0.251 e. The van der Waals surface area contributed by atoms with Gasteiger partial charge in [-0.2, -0.15) is 0 Å². The fourth-order valence-corrected chi connectivity index (χ4v) is 2.30. The molecule has 1 aliphatic carbocycles. The second-order valence-electron chi connectivity index (χ2n) is 5.24. The lowest BCUT2D eigenvalue weighted by Crippen LogP contribution is -2.33. The van der Waals surface area contributed by atoms with Crippen LogP contribution in [0.25, 0.3) is 5.69 Å². The summed E-state index contributed by atoms with van der Waals surface area (Å²) in [6, 6.07) is 12.0. The Balaban J connectivity index is 1.69. The van der Waals surface area contributed by atoms with Crippen LogP contribution < -0.4 is 5.32 Å². The second-order valence-corrected chi connectivity index (χ2v) is 5.24. The van der Waals surface area contributed by atoms with Crippen LogP contribution >= 0.6 is 0 Å². The van der Waals surface area contributed by atoms with Crippen LogP contribution in [0.5, 0.6) is 0 Å². The van der Waals surface area contributed by atoms with Crippen molar-refractivity contribution in [3.8, 4) is 5.69 Å². The zero-order chi connectivity index (χ0) is 13.2. The number of hydrogen-bond donors (Lipinski definition) is 1. The van der Waals surface area contributed by atoms with Gasteiger partial charge >= 0.3 is 0 Å². The van der Waals surface area contributed by atoms with Crippen molar-refractivity contribution in [2.45, 2.75) is 25.8 Å². The van der Waals surface area contributed by atoms with E-state index in [4.69, 9.17) is 0 Å². The highest BCUT2D eigenvalue weighted by atomic mass is 16.1. The molecule has 19 heavy (non-hydrogen) atoms. The van der Waals surface area contributed by atoms with Crippen LogP contribution in [0, 0.1) is 5.92 Å². The second kappa shape index (κ2) is 4.92. The zero-order valence-corrected chi connectivity index (χ0v) is 11.0. The summed E-state index contributed by atoms with van der Waals surface area (Å²) in [6.07, 6.45) is 6.47. The minimum Gasteiger partial charge on any atom is -0.349 e. The van der Waals surface area contributed by atoms with Crippen molar-refractivity contribution in [1.29, 1.82) is 0 Å². The fraction of sp³-hybridized carbons (Fsp3) is 0.312. The van der Waals surface area contributed by atoms with E-state index in [0.29, 0.717) is 5.92 Å². The Kier molecular flexibility index (Phi) is 3.11. The monoisotopic (exact) mass is 254 g/mol. The Morgan fingerprint density at radius 3 is 2.42 bits per heavy atom. The molecule has 1 heterocycles. The Morgan fingerprint density at radius 2 is 1.84 bits per heavy atom. The molecule has 3 heteroatoms. The van der Waals surface area contributed by atoms with Crippen molar-refractivity contribution in [3.63, 3.8) is 0 Å². The predicted molar refractivity (Wildman–Crippen MR) is 75.4 cm³/mol. The normalized spacial score (nSPS) is 16.1. The lowest BCUT2D eigenvalue weighted by atomic mass is 10.1.